The second-order valence-corrected chi connectivity index (χ2v) is 0. The molecule has 0 aliphatic rings. The van der Waals surface area contributed by atoms with E-state index in [9.17, 15) is 0 Å². The minimum absolute atomic E-state index is 0. The van der Waals surface area contributed by atoms with Gasteiger partial charge in [0.05, 0.1) is 0 Å². The van der Waals surface area contributed by atoms with Gasteiger partial charge in [0.25, 0.3) is 0 Å². The molecule has 0 rings (SSSR count). The fourth-order valence-electron chi connectivity index (χ4n) is 0. The molecular formula is H7CaMgPSe. The SMILES string of the molecule is P[SeH].[Ca+2].[H-].[H-].[H-].[H-].[Mg+2]. The zero-order valence-corrected chi connectivity index (χ0v) is 9.09. The largest absolute Gasteiger partial charge is 2.00 e. The van der Waals surface area contributed by atoms with Crippen molar-refractivity contribution < 1.29 is 5.71 Å². The molecule has 22 valence electrons. The molecular weight excluding hydrogens is 174 g/mol. The molecule has 1 unspecified atom stereocenters. The van der Waals surface area contributed by atoms with Gasteiger partial charge in [-0.1, -0.05) is 0 Å². The van der Waals surface area contributed by atoms with Crippen molar-refractivity contribution in [3.8, 4) is 0 Å². The molecule has 0 saturated heterocycles. The van der Waals surface area contributed by atoms with E-state index in [-0.39, 0.29) is 66.5 Å². The van der Waals surface area contributed by atoms with Gasteiger partial charge in [-0.25, -0.2) is 0 Å². The van der Waals surface area contributed by atoms with Crippen LogP contribution in [0.4, 0.5) is 0 Å². The summed E-state index contributed by atoms with van der Waals surface area (Å²) in [4.78, 5) is 0. The van der Waals surface area contributed by atoms with Crippen molar-refractivity contribution in [2.45, 2.75) is 0 Å². The average Bonchev–Trinajstić information content (AvgIpc) is 1.00. The van der Waals surface area contributed by atoms with Crippen LogP contribution in [0.15, 0.2) is 0 Å². The monoisotopic (exact) mass is 182 g/mol. The normalized spacial score (nSPS) is 1.50. The zero-order chi connectivity index (χ0) is 2.00. The minimum atomic E-state index is 0. The first-order valence-electron chi connectivity index (χ1n) is 0.258. The van der Waals surface area contributed by atoms with Gasteiger partial charge in [0.1, 0.15) is 0 Å². The van der Waals surface area contributed by atoms with Crippen molar-refractivity contribution in [2.75, 3.05) is 0 Å². The predicted octanol–water partition coefficient (Wildman–Crippen LogP) is -0.634. The van der Waals surface area contributed by atoms with Gasteiger partial charge in [0.15, 0.2) is 0 Å². The maximum atomic E-state index is 2.35. The van der Waals surface area contributed by atoms with E-state index < -0.39 is 0 Å². The second-order valence-electron chi connectivity index (χ2n) is 0. The molecule has 0 aromatic heterocycles. The third kappa shape index (κ3) is 8.88. The molecule has 0 fully saturated rings. The summed E-state index contributed by atoms with van der Waals surface area (Å²) in [5.74, 6) is 0. The van der Waals surface area contributed by atoms with Gasteiger partial charge in [-0.15, -0.1) is 0 Å². The van der Waals surface area contributed by atoms with E-state index in [1.807, 2.05) is 0 Å². The molecule has 0 nitrogen and oxygen atoms in total. The molecule has 0 spiro atoms. The average molecular weight is 181 g/mol. The van der Waals surface area contributed by atoms with E-state index in [0.717, 1.165) is 0 Å². The van der Waals surface area contributed by atoms with E-state index in [1.165, 1.54) is 0 Å². The first-order chi connectivity index (χ1) is 1.00. The van der Waals surface area contributed by atoms with Gasteiger partial charge >= 0.3 is 84.3 Å². The second kappa shape index (κ2) is 16.7. The molecule has 0 aliphatic heterocycles. The Morgan fingerprint density at radius 3 is 1.50 bits per heavy atom. The standard InChI is InChI=1S/Ca.Mg.H3PSe.4H/c;;1-2;;;;/h;;2H,1H2;;;;/q2*+2;;4*-1. The summed E-state index contributed by atoms with van der Waals surface area (Å²) in [6, 6.07) is 0. The Labute approximate surface area is 88.6 Å². The summed E-state index contributed by atoms with van der Waals surface area (Å²) in [7, 11) is 2.35. The summed E-state index contributed by atoms with van der Waals surface area (Å²) < 4.78 is 0. The van der Waals surface area contributed by atoms with Crippen LogP contribution >= 0.6 is 7.93 Å². The van der Waals surface area contributed by atoms with Crippen LogP contribution in [0, 0.1) is 0 Å². The number of rotatable bonds is 0. The molecule has 0 N–H and O–H groups in total. The van der Waals surface area contributed by atoms with Crippen LogP contribution in [0.5, 0.6) is 0 Å². The van der Waals surface area contributed by atoms with Crippen LogP contribution in [0.25, 0.3) is 0 Å². The maximum absolute atomic E-state index is 2.35. The van der Waals surface area contributed by atoms with E-state index in [2.05, 4.69) is 23.5 Å². The van der Waals surface area contributed by atoms with Gasteiger partial charge in [0, 0.05) is 0 Å². The van der Waals surface area contributed by atoms with Crippen molar-refractivity contribution in [1.82, 2.24) is 0 Å². The van der Waals surface area contributed by atoms with Crippen LogP contribution in [0.3, 0.4) is 0 Å². The fraction of sp³-hybridized carbons (Fsp3) is 0. The first kappa shape index (κ1) is 15.8. The quantitative estimate of drug-likeness (QED) is 0.345. The zero-order valence-electron chi connectivity index (χ0n) is 6.44. The molecule has 0 aliphatic carbocycles. The van der Waals surface area contributed by atoms with Crippen LogP contribution in [-0.4, -0.2) is 76.4 Å². The Bertz CT molecular complexity index is 16.0. The summed E-state index contributed by atoms with van der Waals surface area (Å²) in [6.45, 7) is 0. The van der Waals surface area contributed by atoms with E-state index in [0.29, 0.717) is 0 Å². The van der Waals surface area contributed by atoms with Crippen molar-refractivity contribution >= 4 is 84.3 Å². The van der Waals surface area contributed by atoms with E-state index in [1.54, 1.807) is 0 Å². The van der Waals surface area contributed by atoms with Crippen LogP contribution in [0.2, 0.25) is 0 Å². The maximum Gasteiger partial charge on any atom is 2.00 e. The molecule has 0 aromatic rings. The fourth-order valence-corrected chi connectivity index (χ4v) is 0. The molecule has 0 aromatic carbocycles. The van der Waals surface area contributed by atoms with Crippen molar-refractivity contribution in [3.05, 3.63) is 0 Å². The van der Waals surface area contributed by atoms with Gasteiger partial charge in [0.2, 0.25) is 0 Å². The van der Waals surface area contributed by atoms with Gasteiger partial charge in [-0.05, 0) is 0 Å². The molecule has 0 bridgehead atoms. The Balaban J connectivity index is -0.000000000333. The number of hydrogen-bond donors (Lipinski definition) is 0. The van der Waals surface area contributed by atoms with Crippen LogP contribution in [0.1, 0.15) is 5.71 Å². The van der Waals surface area contributed by atoms with Gasteiger partial charge < -0.3 is 5.71 Å². The minimum Gasteiger partial charge on any atom is -1.00 e. The molecule has 0 heterocycles. The Kier molecular flexibility index (Phi) is 65.8. The van der Waals surface area contributed by atoms with E-state index in [4.69, 9.17) is 0 Å². The third-order valence-electron chi connectivity index (χ3n) is 0. The number of hydrogen-bond acceptors (Lipinski definition) is 0. The summed E-state index contributed by atoms with van der Waals surface area (Å²) >= 11 is 2.23. The van der Waals surface area contributed by atoms with Crippen LogP contribution in [-0.2, 0) is 0 Å². The van der Waals surface area contributed by atoms with Crippen molar-refractivity contribution in [3.63, 3.8) is 0 Å². The predicted molar refractivity (Wildman–Crippen MR) is 32.8 cm³/mol. The molecule has 4 heteroatoms. The summed E-state index contributed by atoms with van der Waals surface area (Å²) in [5.41, 5.74) is 0. The van der Waals surface area contributed by atoms with Gasteiger partial charge in [-0.2, -0.15) is 0 Å². The molecule has 4 heavy (non-hydrogen) atoms. The molecule has 1 atom stereocenters. The van der Waals surface area contributed by atoms with Crippen LogP contribution < -0.4 is 0 Å². The molecule has 0 radical (unpaired) electrons. The molecule has 0 amide bonds. The topological polar surface area (TPSA) is 0 Å². The van der Waals surface area contributed by atoms with Crippen molar-refractivity contribution in [1.29, 1.82) is 0 Å². The van der Waals surface area contributed by atoms with Crippen molar-refractivity contribution in [2.24, 2.45) is 0 Å². The smallest absolute Gasteiger partial charge is 1.00 e. The Hall–Kier alpha value is 2.98. The van der Waals surface area contributed by atoms with E-state index >= 15 is 0 Å². The Morgan fingerprint density at radius 1 is 1.50 bits per heavy atom. The summed E-state index contributed by atoms with van der Waals surface area (Å²) in [5, 5.41) is 0. The Morgan fingerprint density at radius 2 is 1.50 bits per heavy atom. The first-order valence-corrected chi connectivity index (χ1v) is 4.02. The van der Waals surface area contributed by atoms with Gasteiger partial charge in [-0.3, -0.25) is 0 Å². The summed E-state index contributed by atoms with van der Waals surface area (Å²) in [6.07, 6.45) is 0. The third-order valence-corrected chi connectivity index (χ3v) is 0. The molecule has 0 saturated carbocycles.